The predicted octanol–water partition coefficient (Wildman–Crippen LogP) is 1.67. The van der Waals surface area contributed by atoms with Gasteiger partial charge in [0.15, 0.2) is 0 Å². The van der Waals surface area contributed by atoms with Gasteiger partial charge in [-0.05, 0) is 39.0 Å². The summed E-state index contributed by atoms with van der Waals surface area (Å²) < 4.78 is 0.285. The van der Waals surface area contributed by atoms with Gasteiger partial charge >= 0.3 is 0 Å². The molecular weight excluding hydrogens is 275 g/mol. The lowest BCUT2D eigenvalue weighted by Gasteiger charge is -2.37. The fourth-order valence-electron chi connectivity index (χ4n) is 2.43. The highest BCUT2D eigenvalue weighted by molar-refractivity contribution is 14.1. The van der Waals surface area contributed by atoms with E-state index in [4.69, 9.17) is 5.73 Å². The van der Waals surface area contributed by atoms with E-state index in [2.05, 4.69) is 41.8 Å². The van der Waals surface area contributed by atoms with Gasteiger partial charge < -0.3 is 11.1 Å². The van der Waals surface area contributed by atoms with E-state index in [9.17, 15) is 0 Å². The van der Waals surface area contributed by atoms with Crippen LogP contribution >= 0.6 is 22.6 Å². The summed E-state index contributed by atoms with van der Waals surface area (Å²) in [5.41, 5.74) is 6.03. The summed E-state index contributed by atoms with van der Waals surface area (Å²) in [6.45, 7) is 4.45. The van der Waals surface area contributed by atoms with Gasteiger partial charge in [0.25, 0.3) is 0 Å². The molecule has 0 radical (unpaired) electrons. The molecule has 0 aromatic carbocycles. The molecule has 1 aliphatic heterocycles. The molecule has 1 saturated heterocycles. The highest BCUT2D eigenvalue weighted by atomic mass is 127. The van der Waals surface area contributed by atoms with E-state index in [0.717, 1.165) is 18.0 Å². The van der Waals surface area contributed by atoms with Crippen molar-refractivity contribution in [3.8, 4) is 0 Å². The molecule has 1 aliphatic carbocycles. The van der Waals surface area contributed by atoms with Gasteiger partial charge in [0.2, 0.25) is 0 Å². The summed E-state index contributed by atoms with van der Waals surface area (Å²) in [5, 5.41) is 3.53. The van der Waals surface area contributed by atoms with E-state index in [1.54, 1.807) is 0 Å². The first-order chi connectivity index (χ1) is 6.01. The zero-order valence-corrected chi connectivity index (χ0v) is 10.5. The third-order valence-corrected chi connectivity index (χ3v) is 5.72. The van der Waals surface area contributed by atoms with Gasteiger partial charge in [-0.25, -0.2) is 0 Å². The monoisotopic (exact) mass is 294 g/mol. The molecule has 0 spiro atoms. The molecule has 13 heavy (non-hydrogen) atoms. The van der Waals surface area contributed by atoms with Crippen molar-refractivity contribution in [2.45, 2.75) is 54.7 Å². The first kappa shape index (κ1) is 10.2. The first-order valence-corrected chi connectivity index (χ1v) is 6.30. The maximum Gasteiger partial charge on any atom is 0.0370 e. The van der Waals surface area contributed by atoms with E-state index in [1.807, 2.05) is 0 Å². The quantitative estimate of drug-likeness (QED) is 0.462. The molecular formula is C10H19IN2. The molecule has 1 saturated carbocycles. The van der Waals surface area contributed by atoms with Crippen molar-refractivity contribution < 1.29 is 0 Å². The SMILES string of the molecule is CC(N)C(C)(I)C1CCC2NC2C1. The van der Waals surface area contributed by atoms with Crippen LogP contribution in [0.25, 0.3) is 0 Å². The number of alkyl halides is 1. The second-order valence-corrected chi connectivity index (χ2v) is 7.15. The average molecular weight is 294 g/mol. The van der Waals surface area contributed by atoms with Gasteiger partial charge in [-0.2, -0.15) is 0 Å². The molecule has 2 fully saturated rings. The smallest absolute Gasteiger partial charge is 0.0370 e. The van der Waals surface area contributed by atoms with E-state index in [1.165, 1.54) is 19.3 Å². The zero-order chi connectivity index (χ0) is 9.64. The Labute approximate surface area is 94.2 Å². The molecule has 3 N–H and O–H groups in total. The van der Waals surface area contributed by atoms with Crippen molar-refractivity contribution in [1.82, 2.24) is 5.32 Å². The number of nitrogens with one attached hydrogen (secondary N) is 1. The van der Waals surface area contributed by atoms with E-state index in [-0.39, 0.29) is 3.42 Å². The highest BCUT2D eigenvalue weighted by Crippen LogP contribution is 2.43. The Hall–Kier alpha value is 0.650. The van der Waals surface area contributed by atoms with Crippen molar-refractivity contribution in [2.24, 2.45) is 11.7 Å². The Morgan fingerprint density at radius 2 is 2.15 bits per heavy atom. The van der Waals surface area contributed by atoms with E-state index in [0.29, 0.717) is 6.04 Å². The number of rotatable bonds is 2. The standard InChI is InChI=1S/C10H19IN2/c1-6(12)10(2,11)7-3-4-8-9(5-7)13-8/h6-9,13H,3-5,12H2,1-2H3. The largest absolute Gasteiger partial charge is 0.327 e. The first-order valence-electron chi connectivity index (χ1n) is 5.22. The molecule has 0 aromatic rings. The maximum absolute atomic E-state index is 6.03. The Kier molecular flexibility index (Phi) is 2.62. The van der Waals surface area contributed by atoms with Gasteiger partial charge in [-0.3, -0.25) is 0 Å². The lowest BCUT2D eigenvalue weighted by molar-refractivity contribution is 0.303. The van der Waals surface area contributed by atoms with E-state index < -0.39 is 0 Å². The van der Waals surface area contributed by atoms with Crippen LogP contribution in [0.1, 0.15) is 33.1 Å². The Bertz CT molecular complexity index is 203. The minimum atomic E-state index is 0.285. The van der Waals surface area contributed by atoms with Crippen LogP contribution in [0.3, 0.4) is 0 Å². The molecule has 5 atom stereocenters. The number of fused-ring (bicyclic) bond motifs is 1. The lowest BCUT2D eigenvalue weighted by Crippen LogP contribution is -2.45. The van der Waals surface area contributed by atoms with Gasteiger partial charge in [-0.1, -0.05) is 22.6 Å². The second-order valence-electron chi connectivity index (χ2n) is 4.83. The summed E-state index contributed by atoms with van der Waals surface area (Å²) in [6.07, 6.45) is 4.06. The fourth-order valence-corrected chi connectivity index (χ4v) is 2.99. The summed E-state index contributed by atoms with van der Waals surface area (Å²) in [7, 11) is 0. The summed E-state index contributed by atoms with van der Waals surface area (Å²) in [5.74, 6) is 0.810. The van der Waals surface area contributed by atoms with Crippen LogP contribution < -0.4 is 11.1 Å². The van der Waals surface area contributed by atoms with Crippen molar-refractivity contribution >= 4 is 22.6 Å². The molecule has 2 nitrogen and oxygen atoms in total. The third kappa shape index (κ3) is 1.88. The maximum atomic E-state index is 6.03. The molecule has 2 aliphatic rings. The average Bonchev–Trinajstić information content (AvgIpc) is 2.80. The van der Waals surface area contributed by atoms with Crippen LogP contribution in [-0.4, -0.2) is 21.5 Å². The predicted molar refractivity (Wildman–Crippen MR) is 64.1 cm³/mol. The molecule has 0 bridgehead atoms. The van der Waals surface area contributed by atoms with Crippen molar-refractivity contribution in [3.63, 3.8) is 0 Å². The van der Waals surface area contributed by atoms with E-state index >= 15 is 0 Å². The Morgan fingerprint density at radius 3 is 2.69 bits per heavy atom. The summed E-state index contributed by atoms with van der Waals surface area (Å²) in [6, 6.07) is 1.98. The molecule has 3 heteroatoms. The topological polar surface area (TPSA) is 48.0 Å². The minimum Gasteiger partial charge on any atom is -0.327 e. The Balaban J connectivity index is 1.99. The van der Waals surface area contributed by atoms with Crippen LogP contribution in [0.2, 0.25) is 0 Å². The number of halogens is 1. The zero-order valence-electron chi connectivity index (χ0n) is 8.39. The number of hydrogen-bond acceptors (Lipinski definition) is 2. The normalized spacial score (nSPS) is 44.8. The van der Waals surface area contributed by atoms with Gasteiger partial charge in [0, 0.05) is 21.5 Å². The Morgan fingerprint density at radius 1 is 1.46 bits per heavy atom. The minimum absolute atomic E-state index is 0.285. The van der Waals surface area contributed by atoms with Crippen LogP contribution in [0, 0.1) is 5.92 Å². The van der Waals surface area contributed by atoms with Crippen LogP contribution in [-0.2, 0) is 0 Å². The molecule has 0 amide bonds. The van der Waals surface area contributed by atoms with Gasteiger partial charge in [0.05, 0.1) is 0 Å². The fraction of sp³-hybridized carbons (Fsp3) is 1.00. The molecule has 1 heterocycles. The molecule has 76 valence electrons. The molecule has 0 aromatic heterocycles. The second kappa shape index (κ2) is 3.35. The van der Waals surface area contributed by atoms with Crippen molar-refractivity contribution in [2.75, 3.05) is 0 Å². The lowest BCUT2D eigenvalue weighted by atomic mass is 9.78. The van der Waals surface area contributed by atoms with Crippen LogP contribution in [0.15, 0.2) is 0 Å². The number of nitrogens with two attached hydrogens (primary N) is 1. The van der Waals surface area contributed by atoms with Crippen LogP contribution in [0.4, 0.5) is 0 Å². The summed E-state index contributed by atoms with van der Waals surface area (Å²) in [4.78, 5) is 0. The molecule has 5 unspecified atom stereocenters. The van der Waals surface area contributed by atoms with Crippen molar-refractivity contribution in [1.29, 1.82) is 0 Å². The third-order valence-electron chi connectivity index (χ3n) is 3.86. The van der Waals surface area contributed by atoms with Crippen molar-refractivity contribution in [3.05, 3.63) is 0 Å². The van der Waals surface area contributed by atoms with Gasteiger partial charge in [-0.15, -0.1) is 0 Å². The van der Waals surface area contributed by atoms with Crippen LogP contribution in [0.5, 0.6) is 0 Å². The number of hydrogen-bond donors (Lipinski definition) is 2. The summed E-state index contributed by atoms with van der Waals surface area (Å²) >= 11 is 2.56. The van der Waals surface area contributed by atoms with Gasteiger partial charge in [0.1, 0.15) is 0 Å². The molecule has 2 rings (SSSR count). The highest BCUT2D eigenvalue weighted by Gasteiger charge is 2.47.